The summed E-state index contributed by atoms with van der Waals surface area (Å²) in [5, 5.41) is 26.9. The minimum absolute atomic E-state index is 0.0145. The zero-order chi connectivity index (χ0) is 29.3. The molecular weight excluding hydrogens is 591 g/mol. The Morgan fingerprint density at radius 2 is 1.85 bits per heavy atom. The number of thiophene rings is 1. The maximum Gasteiger partial charge on any atom is 0.328 e. The Balaban J connectivity index is 1.34. The third-order valence-electron chi connectivity index (χ3n) is 6.67. The molecule has 1 aliphatic heterocycles. The molecule has 0 fully saturated rings. The summed E-state index contributed by atoms with van der Waals surface area (Å²) in [7, 11) is 0. The average molecular weight is 613 g/mol. The van der Waals surface area contributed by atoms with Crippen LogP contribution in [-0.4, -0.2) is 62.9 Å². The number of benzene rings is 2. The Bertz CT molecular complexity index is 1690. The summed E-state index contributed by atoms with van der Waals surface area (Å²) in [5.41, 5.74) is 1.95. The van der Waals surface area contributed by atoms with Crippen molar-refractivity contribution in [2.45, 2.75) is 19.0 Å². The molecule has 0 aliphatic carbocycles. The number of aromatic hydroxyl groups is 1. The standard InChI is InChI=1S/C28H22Cl2N4O6S/c29-18-10-14-13-34(27(38)17-11-22(35)32-19-5-2-1-4-16(17)19)8-7-15(14)24(30)23(18)26(37)33-20(28(39)40)12-31-25(36)21-6-3-9-41-21/h1-6,9-11,20H,7-8,12-13H2,(H,31,36)(H,32,35)(H,33,37)(H,39,40)/t20-/m0/s1. The monoisotopic (exact) mass is 612 g/mol. The van der Waals surface area contributed by atoms with E-state index in [1.165, 1.54) is 23.5 Å². The number of pyridine rings is 1. The summed E-state index contributed by atoms with van der Waals surface area (Å²) >= 11 is 14.3. The molecule has 1 aliphatic rings. The first kappa shape index (κ1) is 28.3. The molecule has 4 N–H and O–H groups in total. The summed E-state index contributed by atoms with van der Waals surface area (Å²) in [6.07, 6.45) is 0.311. The van der Waals surface area contributed by atoms with Gasteiger partial charge in [0.2, 0.25) is 5.88 Å². The summed E-state index contributed by atoms with van der Waals surface area (Å²) in [6.45, 7) is 0.0753. The predicted molar refractivity (Wildman–Crippen MR) is 154 cm³/mol. The first-order valence-electron chi connectivity index (χ1n) is 12.4. The number of hydrogen-bond donors (Lipinski definition) is 4. The minimum atomic E-state index is -1.44. The van der Waals surface area contributed by atoms with Gasteiger partial charge in [-0.15, -0.1) is 11.3 Å². The number of para-hydroxylation sites is 1. The number of aliphatic carboxylic acids is 1. The van der Waals surface area contributed by atoms with Crippen molar-refractivity contribution in [2.24, 2.45) is 0 Å². The van der Waals surface area contributed by atoms with E-state index in [2.05, 4.69) is 15.6 Å². The molecule has 0 saturated carbocycles. The van der Waals surface area contributed by atoms with Gasteiger partial charge in [0.1, 0.15) is 6.04 Å². The van der Waals surface area contributed by atoms with Crippen molar-refractivity contribution in [1.29, 1.82) is 0 Å². The van der Waals surface area contributed by atoms with Crippen molar-refractivity contribution < 1.29 is 29.4 Å². The van der Waals surface area contributed by atoms with Crippen molar-refractivity contribution in [2.75, 3.05) is 13.1 Å². The van der Waals surface area contributed by atoms with Gasteiger partial charge in [-0.05, 0) is 41.1 Å². The molecule has 2 aromatic heterocycles. The predicted octanol–water partition coefficient (Wildman–Crippen LogP) is 4.12. The zero-order valence-electron chi connectivity index (χ0n) is 21.2. The molecule has 0 bridgehead atoms. The van der Waals surface area contributed by atoms with Crippen LogP contribution in [0.3, 0.4) is 0 Å². The molecule has 4 aromatic rings. The topological polar surface area (TPSA) is 149 Å². The van der Waals surface area contributed by atoms with Gasteiger partial charge in [-0.1, -0.05) is 47.5 Å². The lowest BCUT2D eigenvalue weighted by Crippen LogP contribution is -2.48. The molecule has 0 unspecified atom stereocenters. The highest BCUT2D eigenvalue weighted by atomic mass is 35.5. The van der Waals surface area contributed by atoms with E-state index in [9.17, 15) is 29.4 Å². The van der Waals surface area contributed by atoms with Crippen LogP contribution in [0.5, 0.6) is 5.88 Å². The van der Waals surface area contributed by atoms with E-state index in [0.29, 0.717) is 38.9 Å². The zero-order valence-corrected chi connectivity index (χ0v) is 23.5. The Kier molecular flexibility index (Phi) is 8.11. The second kappa shape index (κ2) is 11.7. The first-order chi connectivity index (χ1) is 19.6. The lowest BCUT2D eigenvalue weighted by molar-refractivity contribution is -0.139. The van der Waals surface area contributed by atoms with Crippen LogP contribution < -0.4 is 10.6 Å². The van der Waals surface area contributed by atoms with Crippen LogP contribution in [0.25, 0.3) is 10.9 Å². The van der Waals surface area contributed by atoms with E-state index in [1.807, 2.05) is 0 Å². The van der Waals surface area contributed by atoms with Crippen LogP contribution >= 0.6 is 34.5 Å². The van der Waals surface area contributed by atoms with E-state index in [0.717, 1.165) is 0 Å². The van der Waals surface area contributed by atoms with Crippen molar-refractivity contribution >= 4 is 69.1 Å². The number of fused-ring (bicyclic) bond motifs is 2. The molecule has 13 heteroatoms. The molecule has 0 radical (unpaired) electrons. The number of carbonyl (C=O) groups is 4. The van der Waals surface area contributed by atoms with Crippen molar-refractivity contribution in [3.05, 3.63) is 91.1 Å². The number of nitrogens with zero attached hydrogens (tertiary/aromatic N) is 2. The van der Waals surface area contributed by atoms with Gasteiger partial charge in [0.25, 0.3) is 17.7 Å². The van der Waals surface area contributed by atoms with Crippen LogP contribution in [0, 0.1) is 0 Å². The van der Waals surface area contributed by atoms with E-state index in [1.54, 1.807) is 46.7 Å². The average Bonchev–Trinajstić information content (AvgIpc) is 3.49. The van der Waals surface area contributed by atoms with Crippen LogP contribution in [-0.2, 0) is 17.8 Å². The van der Waals surface area contributed by atoms with E-state index in [-0.39, 0.29) is 47.0 Å². The van der Waals surface area contributed by atoms with Gasteiger partial charge in [0.15, 0.2) is 0 Å². The number of carboxylic acids is 1. The molecule has 0 spiro atoms. The number of aromatic nitrogens is 1. The Morgan fingerprint density at radius 3 is 2.59 bits per heavy atom. The van der Waals surface area contributed by atoms with Crippen LogP contribution in [0.1, 0.15) is 41.5 Å². The number of carbonyl (C=O) groups excluding carboxylic acids is 3. The Labute approximate surface area is 247 Å². The van der Waals surface area contributed by atoms with Crippen LogP contribution in [0.4, 0.5) is 0 Å². The summed E-state index contributed by atoms with van der Waals surface area (Å²) < 4.78 is 0. The number of rotatable bonds is 7. The maximum absolute atomic E-state index is 13.5. The van der Waals surface area contributed by atoms with Gasteiger partial charge in [-0.3, -0.25) is 14.4 Å². The summed E-state index contributed by atoms with van der Waals surface area (Å²) in [5.74, 6) is -3.19. The quantitative estimate of drug-likeness (QED) is 0.245. The largest absolute Gasteiger partial charge is 0.493 e. The maximum atomic E-state index is 13.5. The van der Waals surface area contributed by atoms with Gasteiger partial charge in [-0.2, -0.15) is 0 Å². The summed E-state index contributed by atoms with van der Waals surface area (Å²) in [4.78, 5) is 56.7. The third-order valence-corrected chi connectivity index (χ3v) is 8.25. The number of hydrogen-bond acceptors (Lipinski definition) is 7. The number of amides is 3. The normalized spacial score (nSPS) is 13.4. The van der Waals surface area contributed by atoms with E-state index < -0.39 is 23.8 Å². The second-order valence-corrected chi connectivity index (χ2v) is 11.0. The molecule has 2 aromatic carbocycles. The van der Waals surface area contributed by atoms with Gasteiger partial charge >= 0.3 is 5.97 Å². The van der Waals surface area contributed by atoms with Crippen LogP contribution in [0.2, 0.25) is 10.0 Å². The van der Waals surface area contributed by atoms with Crippen LogP contribution in [0.15, 0.2) is 53.9 Å². The molecule has 10 nitrogen and oxygen atoms in total. The lowest BCUT2D eigenvalue weighted by Gasteiger charge is -2.31. The molecule has 0 saturated heterocycles. The van der Waals surface area contributed by atoms with Gasteiger partial charge in [-0.25, -0.2) is 9.78 Å². The fraction of sp³-hybridized carbons (Fsp3) is 0.179. The van der Waals surface area contributed by atoms with Gasteiger partial charge < -0.3 is 25.7 Å². The minimum Gasteiger partial charge on any atom is -0.493 e. The fourth-order valence-electron chi connectivity index (χ4n) is 4.66. The van der Waals surface area contributed by atoms with Crippen molar-refractivity contribution in [1.82, 2.24) is 20.5 Å². The molecular formula is C28H22Cl2N4O6S. The number of nitrogens with one attached hydrogen (secondary N) is 2. The molecule has 41 heavy (non-hydrogen) atoms. The lowest BCUT2D eigenvalue weighted by atomic mass is 9.95. The second-order valence-electron chi connectivity index (χ2n) is 9.26. The fourth-order valence-corrected chi connectivity index (χ4v) is 6.07. The Morgan fingerprint density at radius 1 is 1.07 bits per heavy atom. The number of halogens is 2. The highest BCUT2D eigenvalue weighted by Crippen LogP contribution is 2.35. The van der Waals surface area contributed by atoms with E-state index >= 15 is 0 Å². The smallest absolute Gasteiger partial charge is 0.328 e. The van der Waals surface area contributed by atoms with Crippen molar-refractivity contribution in [3.63, 3.8) is 0 Å². The van der Waals surface area contributed by atoms with Gasteiger partial charge in [0.05, 0.1) is 31.6 Å². The summed E-state index contributed by atoms with van der Waals surface area (Å²) in [6, 6.07) is 11.7. The molecule has 3 amide bonds. The number of carboxylic acid groups (broad SMARTS) is 1. The first-order valence-corrected chi connectivity index (χ1v) is 14.0. The SMILES string of the molecule is O=C(NC[C@H](NC(=O)c1c(Cl)cc2c(c1Cl)CCN(C(=O)c1cc(O)nc3ccccc13)C2)C(=O)O)c1cccs1. The van der Waals surface area contributed by atoms with E-state index in [4.69, 9.17) is 23.2 Å². The molecule has 5 rings (SSSR count). The molecule has 210 valence electrons. The van der Waals surface area contributed by atoms with Crippen molar-refractivity contribution in [3.8, 4) is 5.88 Å². The highest BCUT2D eigenvalue weighted by Gasteiger charge is 2.30. The molecule has 3 heterocycles. The Hall–Kier alpha value is -4.19. The molecule has 1 atom stereocenters. The highest BCUT2D eigenvalue weighted by molar-refractivity contribution is 7.12. The van der Waals surface area contributed by atoms with Gasteiger partial charge in [0, 0.05) is 31.1 Å². The third kappa shape index (κ3) is 5.83.